The average molecular weight is 1220 g/mol. The average Bonchev–Trinajstić information content (AvgIpc) is 1.89. The lowest BCUT2D eigenvalue weighted by atomic mass is 9.99. The Labute approximate surface area is 510 Å². The third kappa shape index (κ3) is 18.8. The van der Waals surface area contributed by atoms with Crippen LogP contribution in [0.3, 0.4) is 0 Å². The van der Waals surface area contributed by atoms with E-state index >= 15 is 0 Å². The van der Waals surface area contributed by atoms with Crippen molar-refractivity contribution in [3.63, 3.8) is 0 Å². The van der Waals surface area contributed by atoms with Crippen LogP contribution in [0.15, 0.2) is 72.8 Å². The number of aromatic amines is 2. The Bertz CT molecular complexity index is 3200. The van der Waals surface area contributed by atoms with Crippen LogP contribution in [0.1, 0.15) is 22.3 Å². The standard InChI is InChI=1S/C64H82N8O16/c73-17-25-81-33-41-85-37-29-77-21-13-45-5-1-9-49-53(45)61-65-57(49)69-62-54-46(14-22-78-30-38-86-42-34-82-26-18-74)6-2-10-50(54)59(66-62)71-64-56-48(16-24-80-32-40-88-44-36-84-28-20-76)8-4-12-52(56)60(68-64)72-63-55-47(7-3-11-51(55)58(67-63)70-61)15-23-79-31-39-87-43-35-83-27-19-75/h1-12,73-76H,13-44H2,(H2,65,66,67,68,69,70,71,72). The summed E-state index contributed by atoms with van der Waals surface area (Å²) in [6, 6.07) is 24.5. The maximum Gasteiger partial charge on any atom is 0.165 e. The summed E-state index contributed by atoms with van der Waals surface area (Å²) in [6.45, 7) is 8.87. The number of H-pyrrole nitrogens is 2. The van der Waals surface area contributed by atoms with Gasteiger partial charge in [0.25, 0.3) is 0 Å². The van der Waals surface area contributed by atoms with Crippen LogP contribution in [-0.4, -0.2) is 245 Å². The highest BCUT2D eigenvalue weighted by Gasteiger charge is 2.26. The molecule has 2 aliphatic heterocycles. The highest BCUT2D eigenvalue weighted by molar-refractivity contribution is 6.08. The number of aromatic nitrogens is 8. The largest absolute Gasteiger partial charge is 0.394 e. The Morgan fingerprint density at radius 1 is 0.261 bits per heavy atom. The highest BCUT2D eigenvalue weighted by atomic mass is 16.6. The zero-order chi connectivity index (χ0) is 60.8. The smallest absolute Gasteiger partial charge is 0.165 e. The van der Waals surface area contributed by atoms with Crippen LogP contribution in [0.4, 0.5) is 0 Å². The van der Waals surface area contributed by atoms with Crippen LogP contribution in [0, 0.1) is 0 Å². The van der Waals surface area contributed by atoms with Crippen LogP contribution in [0.5, 0.6) is 0 Å². The van der Waals surface area contributed by atoms with Gasteiger partial charge in [0.15, 0.2) is 23.3 Å². The van der Waals surface area contributed by atoms with E-state index in [4.69, 9.17) is 107 Å². The molecule has 0 radical (unpaired) electrons. The van der Waals surface area contributed by atoms with Gasteiger partial charge in [-0.25, -0.2) is 29.9 Å². The van der Waals surface area contributed by atoms with E-state index in [9.17, 15) is 0 Å². The summed E-state index contributed by atoms with van der Waals surface area (Å²) in [6.07, 6.45) is 2.21. The summed E-state index contributed by atoms with van der Waals surface area (Å²) in [5.41, 5.74) is 9.39. The number of benzene rings is 4. The molecule has 0 fully saturated rings. The molecule has 0 atom stereocenters. The molecule has 474 valence electrons. The Hall–Kier alpha value is -6.40. The normalized spacial score (nSPS) is 12.0. The number of hydrogen-bond acceptors (Lipinski definition) is 22. The summed E-state index contributed by atoms with van der Waals surface area (Å²) in [7, 11) is 0. The maximum absolute atomic E-state index is 9.02. The fourth-order valence-electron chi connectivity index (χ4n) is 10.3. The number of ether oxygens (including phenoxy) is 12. The van der Waals surface area contributed by atoms with Crippen LogP contribution < -0.4 is 0 Å². The topological polar surface area (TPSA) is 301 Å². The van der Waals surface area contributed by atoms with Gasteiger partial charge < -0.3 is 87.2 Å². The number of hydrogen-bond donors (Lipinski definition) is 6. The molecular weight excluding hydrogens is 1140 g/mol. The first-order valence-corrected chi connectivity index (χ1v) is 30.3. The summed E-state index contributed by atoms with van der Waals surface area (Å²) < 4.78 is 68.5. The van der Waals surface area contributed by atoms with Crippen molar-refractivity contribution in [1.82, 2.24) is 39.9 Å². The molecule has 0 saturated heterocycles. The molecule has 0 spiro atoms. The molecule has 4 aromatic carbocycles. The second kappa shape index (κ2) is 36.9. The van der Waals surface area contributed by atoms with Crippen LogP contribution in [0.2, 0.25) is 0 Å². The fraction of sp³-hybridized carbons (Fsp3) is 0.500. The molecule has 24 heteroatoms. The molecule has 2 aliphatic rings. The van der Waals surface area contributed by atoms with E-state index < -0.39 is 0 Å². The van der Waals surface area contributed by atoms with Gasteiger partial charge in [-0.15, -0.1) is 0 Å². The fourth-order valence-corrected chi connectivity index (χ4v) is 10.3. The van der Waals surface area contributed by atoms with E-state index in [1.165, 1.54) is 0 Å². The van der Waals surface area contributed by atoms with E-state index in [1.54, 1.807) is 0 Å². The van der Waals surface area contributed by atoms with E-state index in [1.807, 2.05) is 48.5 Å². The first kappa shape index (κ1) is 66.0. The van der Waals surface area contributed by atoms with Gasteiger partial charge in [0.1, 0.15) is 22.6 Å². The van der Waals surface area contributed by atoms with Gasteiger partial charge in [-0.1, -0.05) is 72.8 Å². The third-order valence-corrected chi connectivity index (χ3v) is 14.3. The molecule has 7 aromatic rings. The molecular formula is C64H82N8O16. The number of nitrogens with one attached hydrogen (secondary N) is 2. The SMILES string of the molecule is OCCOCCOCCOCCc1cccc2c1-c1nc-2nc2[nH]c(nc3nc(nc4[nH]c(n1)c1cccc(CCOCCOCCOCCO)c41)-c1cccc(CCOCCOCCOCCO)c1-3)c1cccc(CCOCCOCCOCCO)c21. The van der Waals surface area contributed by atoms with Crippen molar-refractivity contribution in [2.24, 2.45) is 0 Å². The number of rotatable bonds is 44. The van der Waals surface area contributed by atoms with Gasteiger partial charge in [-0.05, 0) is 47.9 Å². The van der Waals surface area contributed by atoms with Gasteiger partial charge >= 0.3 is 0 Å². The molecule has 6 N–H and O–H groups in total. The summed E-state index contributed by atoms with van der Waals surface area (Å²) in [5, 5.41) is 39.4. The lowest BCUT2D eigenvalue weighted by Crippen LogP contribution is -2.11. The van der Waals surface area contributed by atoms with Gasteiger partial charge in [0, 0.05) is 43.8 Å². The van der Waals surface area contributed by atoms with Crippen molar-refractivity contribution < 1.29 is 77.3 Å². The summed E-state index contributed by atoms with van der Waals surface area (Å²) in [4.78, 5) is 39.6. The van der Waals surface area contributed by atoms with Gasteiger partial charge in [-0.2, -0.15) is 0 Å². The first-order valence-electron chi connectivity index (χ1n) is 30.3. The highest BCUT2D eigenvalue weighted by Crippen LogP contribution is 2.40. The summed E-state index contributed by atoms with van der Waals surface area (Å²) >= 11 is 0. The van der Waals surface area contributed by atoms with Crippen molar-refractivity contribution >= 4 is 44.1 Å². The van der Waals surface area contributed by atoms with Crippen molar-refractivity contribution in [2.45, 2.75) is 25.7 Å². The molecule has 5 heterocycles. The molecule has 0 amide bonds. The molecule has 8 bridgehead atoms. The number of aliphatic hydroxyl groups excluding tert-OH is 4. The Morgan fingerprint density at radius 2 is 0.523 bits per heavy atom. The van der Waals surface area contributed by atoms with Crippen LogP contribution in [-0.2, 0) is 82.5 Å². The van der Waals surface area contributed by atoms with Gasteiger partial charge in [-0.3, -0.25) is 0 Å². The summed E-state index contributed by atoms with van der Waals surface area (Å²) in [5.74, 6) is 1.86. The minimum absolute atomic E-state index is 0.0345. The molecule has 3 aromatic heterocycles. The monoisotopic (exact) mass is 1220 g/mol. The maximum atomic E-state index is 9.02. The van der Waals surface area contributed by atoms with Crippen LogP contribution >= 0.6 is 0 Å². The number of aliphatic hydroxyl groups is 4. The van der Waals surface area contributed by atoms with E-state index in [-0.39, 0.29) is 52.9 Å². The lowest BCUT2D eigenvalue weighted by Gasteiger charge is -2.09. The second-order valence-corrected chi connectivity index (χ2v) is 20.2. The predicted molar refractivity (Wildman–Crippen MR) is 329 cm³/mol. The molecule has 0 unspecified atom stereocenters. The minimum Gasteiger partial charge on any atom is -0.394 e. The lowest BCUT2D eigenvalue weighted by molar-refractivity contribution is 0.00818. The molecule has 88 heavy (non-hydrogen) atoms. The van der Waals surface area contributed by atoms with E-state index in [2.05, 4.69) is 34.2 Å². The van der Waals surface area contributed by atoms with Crippen molar-refractivity contribution in [3.05, 3.63) is 95.1 Å². The predicted octanol–water partition coefficient (Wildman–Crippen LogP) is 5.21. The van der Waals surface area contributed by atoms with Crippen molar-refractivity contribution in [1.29, 1.82) is 0 Å². The Morgan fingerprint density at radius 3 is 0.841 bits per heavy atom. The minimum atomic E-state index is -0.0346. The van der Waals surface area contributed by atoms with E-state index in [0.717, 1.165) is 66.1 Å². The van der Waals surface area contributed by atoms with Crippen molar-refractivity contribution in [3.8, 4) is 45.6 Å². The third-order valence-electron chi connectivity index (χ3n) is 14.3. The van der Waals surface area contributed by atoms with Gasteiger partial charge in [0.2, 0.25) is 0 Å². The number of fused-ring (bicyclic) bond motifs is 20. The second-order valence-electron chi connectivity index (χ2n) is 20.2. The van der Waals surface area contributed by atoms with E-state index in [0.29, 0.717) is 204 Å². The van der Waals surface area contributed by atoms with Gasteiger partial charge in [0.05, 0.1) is 185 Å². The quantitative estimate of drug-likeness (QED) is 0.0267. The zero-order valence-corrected chi connectivity index (χ0v) is 49.9. The Kier molecular flexibility index (Phi) is 27.7. The zero-order valence-electron chi connectivity index (χ0n) is 49.9. The first-order chi connectivity index (χ1) is 43.6. The molecule has 0 saturated carbocycles. The molecule has 0 aliphatic carbocycles. The van der Waals surface area contributed by atoms with Crippen molar-refractivity contribution in [2.75, 3.05) is 185 Å². The number of nitrogens with zero attached hydrogens (tertiary/aromatic N) is 6. The van der Waals surface area contributed by atoms with Crippen LogP contribution in [0.25, 0.3) is 89.7 Å². The molecule has 9 rings (SSSR count). The Balaban J connectivity index is 1.12. The molecule has 24 nitrogen and oxygen atoms in total.